The Labute approximate surface area is 97.0 Å². The number of fused-ring (bicyclic) bond motifs is 1. The first kappa shape index (κ1) is 10.2. The third-order valence-electron chi connectivity index (χ3n) is 3.67. The Balaban J connectivity index is 1.97. The molecule has 1 aromatic carbocycles. The minimum atomic E-state index is 0.575. The third-order valence-corrected chi connectivity index (χ3v) is 3.67. The van der Waals surface area contributed by atoms with Crippen molar-refractivity contribution in [1.82, 2.24) is 5.32 Å². The normalized spacial score (nSPS) is 23.9. The summed E-state index contributed by atoms with van der Waals surface area (Å²) >= 11 is 0. The van der Waals surface area contributed by atoms with E-state index in [2.05, 4.69) is 24.4 Å². The van der Waals surface area contributed by atoms with Gasteiger partial charge in [0.05, 0.1) is 6.61 Å². The van der Waals surface area contributed by atoms with E-state index in [0.717, 1.165) is 25.3 Å². The molecular formula is C14H19NO. The predicted octanol–water partition coefficient (Wildman–Crippen LogP) is 2.74. The van der Waals surface area contributed by atoms with Gasteiger partial charge in [-0.25, -0.2) is 0 Å². The first-order valence-corrected chi connectivity index (χ1v) is 6.34. The first-order valence-electron chi connectivity index (χ1n) is 6.34. The van der Waals surface area contributed by atoms with Gasteiger partial charge < -0.3 is 10.1 Å². The van der Waals surface area contributed by atoms with Crippen molar-refractivity contribution in [2.75, 3.05) is 13.2 Å². The lowest BCUT2D eigenvalue weighted by molar-refractivity contribution is 0.286. The van der Waals surface area contributed by atoms with Crippen molar-refractivity contribution in [1.29, 1.82) is 0 Å². The minimum absolute atomic E-state index is 0.575. The zero-order valence-corrected chi connectivity index (χ0v) is 9.88. The van der Waals surface area contributed by atoms with Gasteiger partial charge in [-0.1, -0.05) is 12.1 Å². The van der Waals surface area contributed by atoms with E-state index in [1.165, 1.54) is 36.0 Å². The van der Waals surface area contributed by atoms with Crippen molar-refractivity contribution < 1.29 is 4.74 Å². The molecule has 1 saturated heterocycles. The van der Waals surface area contributed by atoms with E-state index in [1.807, 2.05) is 0 Å². The van der Waals surface area contributed by atoms with Crippen LogP contribution in [0, 0.1) is 6.92 Å². The Morgan fingerprint density at radius 3 is 3.06 bits per heavy atom. The molecule has 1 N–H and O–H groups in total. The van der Waals surface area contributed by atoms with Gasteiger partial charge >= 0.3 is 0 Å². The summed E-state index contributed by atoms with van der Waals surface area (Å²) in [5, 5.41) is 3.57. The number of nitrogens with one attached hydrogen (secondary N) is 1. The Kier molecular flexibility index (Phi) is 2.60. The summed E-state index contributed by atoms with van der Waals surface area (Å²) in [7, 11) is 0. The van der Waals surface area contributed by atoms with E-state index in [0.29, 0.717) is 6.04 Å². The number of aryl methyl sites for hydroxylation is 2. The fraction of sp³-hybridized carbons (Fsp3) is 0.571. The Bertz CT molecular complexity index is 394. The number of ether oxygens (including phenoxy) is 1. The van der Waals surface area contributed by atoms with Crippen LogP contribution in [0.15, 0.2) is 12.1 Å². The molecule has 1 aromatic rings. The molecule has 0 saturated carbocycles. The Hall–Kier alpha value is -1.02. The smallest absolute Gasteiger partial charge is 0.125 e. The zero-order valence-electron chi connectivity index (χ0n) is 9.88. The standard InChI is InChI=1S/C14H19NO/c1-10-8-12(13-5-2-6-15-13)9-11-4-3-7-16-14(10)11/h8-9,13,15H,2-7H2,1H3/t13-/m1/s1. The molecule has 2 heteroatoms. The summed E-state index contributed by atoms with van der Waals surface area (Å²) < 4.78 is 5.75. The highest BCUT2D eigenvalue weighted by Crippen LogP contribution is 2.33. The second-order valence-electron chi connectivity index (χ2n) is 4.93. The van der Waals surface area contributed by atoms with Crippen LogP contribution in [0.3, 0.4) is 0 Å². The molecule has 86 valence electrons. The number of rotatable bonds is 1. The van der Waals surface area contributed by atoms with Crippen LogP contribution in [0.5, 0.6) is 5.75 Å². The lowest BCUT2D eigenvalue weighted by atomic mass is 9.95. The highest BCUT2D eigenvalue weighted by molar-refractivity contribution is 5.46. The summed E-state index contributed by atoms with van der Waals surface area (Å²) in [6.45, 7) is 4.22. The van der Waals surface area contributed by atoms with Gasteiger partial charge in [-0.05, 0) is 55.8 Å². The average Bonchev–Trinajstić information content (AvgIpc) is 2.82. The van der Waals surface area contributed by atoms with E-state index in [-0.39, 0.29) is 0 Å². The molecule has 0 amide bonds. The van der Waals surface area contributed by atoms with Gasteiger partial charge in [-0.15, -0.1) is 0 Å². The zero-order chi connectivity index (χ0) is 11.0. The van der Waals surface area contributed by atoms with E-state index in [1.54, 1.807) is 0 Å². The molecule has 2 heterocycles. The van der Waals surface area contributed by atoms with E-state index < -0.39 is 0 Å². The maximum Gasteiger partial charge on any atom is 0.125 e. The van der Waals surface area contributed by atoms with Crippen LogP contribution in [0.25, 0.3) is 0 Å². The summed E-state index contributed by atoms with van der Waals surface area (Å²) in [6, 6.07) is 5.23. The van der Waals surface area contributed by atoms with Crippen molar-refractivity contribution in [3.8, 4) is 5.75 Å². The minimum Gasteiger partial charge on any atom is -0.493 e. The van der Waals surface area contributed by atoms with Gasteiger partial charge in [0.1, 0.15) is 5.75 Å². The fourth-order valence-corrected chi connectivity index (χ4v) is 2.88. The summed E-state index contributed by atoms with van der Waals surface area (Å²) in [6.07, 6.45) is 4.92. The Morgan fingerprint density at radius 1 is 1.31 bits per heavy atom. The fourth-order valence-electron chi connectivity index (χ4n) is 2.88. The first-order chi connectivity index (χ1) is 7.84. The highest BCUT2D eigenvalue weighted by atomic mass is 16.5. The largest absolute Gasteiger partial charge is 0.493 e. The average molecular weight is 217 g/mol. The van der Waals surface area contributed by atoms with Crippen LogP contribution in [-0.4, -0.2) is 13.2 Å². The molecule has 3 rings (SSSR count). The molecule has 2 aliphatic rings. The maximum atomic E-state index is 5.75. The SMILES string of the molecule is Cc1cc([C@H]2CCCN2)cc2c1OCCC2. The van der Waals surface area contributed by atoms with Gasteiger partial charge in [0.2, 0.25) is 0 Å². The summed E-state index contributed by atoms with van der Waals surface area (Å²) in [5.41, 5.74) is 4.18. The Morgan fingerprint density at radius 2 is 2.25 bits per heavy atom. The van der Waals surface area contributed by atoms with Crippen LogP contribution in [0.4, 0.5) is 0 Å². The molecule has 2 aliphatic heterocycles. The second-order valence-corrected chi connectivity index (χ2v) is 4.93. The lowest BCUT2D eigenvalue weighted by Gasteiger charge is -2.22. The lowest BCUT2D eigenvalue weighted by Crippen LogP contribution is -2.15. The number of benzene rings is 1. The van der Waals surface area contributed by atoms with Crippen LogP contribution in [0.1, 0.15) is 42.0 Å². The van der Waals surface area contributed by atoms with Gasteiger partial charge in [0, 0.05) is 6.04 Å². The third kappa shape index (κ3) is 1.71. The van der Waals surface area contributed by atoms with Gasteiger partial charge in [0.15, 0.2) is 0 Å². The molecule has 0 aliphatic carbocycles. The van der Waals surface area contributed by atoms with Crippen LogP contribution >= 0.6 is 0 Å². The van der Waals surface area contributed by atoms with Crippen molar-refractivity contribution in [3.63, 3.8) is 0 Å². The molecule has 16 heavy (non-hydrogen) atoms. The van der Waals surface area contributed by atoms with Crippen molar-refractivity contribution >= 4 is 0 Å². The molecule has 2 nitrogen and oxygen atoms in total. The molecule has 1 atom stereocenters. The molecule has 0 bridgehead atoms. The van der Waals surface area contributed by atoms with Gasteiger partial charge in [-0.2, -0.15) is 0 Å². The monoisotopic (exact) mass is 217 g/mol. The van der Waals surface area contributed by atoms with Crippen molar-refractivity contribution in [2.24, 2.45) is 0 Å². The van der Waals surface area contributed by atoms with Gasteiger partial charge in [-0.3, -0.25) is 0 Å². The number of hydrogen-bond donors (Lipinski definition) is 1. The van der Waals surface area contributed by atoms with E-state index in [9.17, 15) is 0 Å². The van der Waals surface area contributed by atoms with Gasteiger partial charge in [0.25, 0.3) is 0 Å². The molecule has 0 aromatic heterocycles. The van der Waals surface area contributed by atoms with Crippen LogP contribution in [0.2, 0.25) is 0 Å². The van der Waals surface area contributed by atoms with E-state index in [4.69, 9.17) is 4.74 Å². The topological polar surface area (TPSA) is 21.3 Å². The maximum absolute atomic E-state index is 5.75. The summed E-state index contributed by atoms with van der Waals surface area (Å²) in [5.74, 6) is 1.15. The molecule has 0 unspecified atom stereocenters. The van der Waals surface area contributed by atoms with Crippen molar-refractivity contribution in [2.45, 2.75) is 38.6 Å². The van der Waals surface area contributed by atoms with Crippen LogP contribution in [-0.2, 0) is 6.42 Å². The number of hydrogen-bond acceptors (Lipinski definition) is 2. The quantitative estimate of drug-likeness (QED) is 0.781. The van der Waals surface area contributed by atoms with E-state index >= 15 is 0 Å². The summed E-state index contributed by atoms with van der Waals surface area (Å²) in [4.78, 5) is 0. The molecule has 0 radical (unpaired) electrons. The predicted molar refractivity (Wildman–Crippen MR) is 65.0 cm³/mol. The second kappa shape index (κ2) is 4.10. The van der Waals surface area contributed by atoms with Crippen LogP contribution < -0.4 is 10.1 Å². The highest BCUT2D eigenvalue weighted by Gasteiger charge is 2.20. The molecule has 0 spiro atoms. The molecule has 1 fully saturated rings. The van der Waals surface area contributed by atoms with Crippen molar-refractivity contribution in [3.05, 3.63) is 28.8 Å². The molecular weight excluding hydrogens is 198 g/mol.